The Kier molecular flexibility index (Phi) is 4.00. The second kappa shape index (κ2) is 5.96. The molecule has 0 aliphatic heterocycles. The number of carbonyl (C=O) groups is 1. The minimum absolute atomic E-state index is 0.194. The van der Waals surface area contributed by atoms with E-state index in [1.54, 1.807) is 19.4 Å². The molecule has 2 aromatic rings. The fourth-order valence-corrected chi connectivity index (χ4v) is 3.06. The summed E-state index contributed by atoms with van der Waals surface area (Å²) in [6, 6.07) is 7.44. The number of benzene rings is 1. The first-order chi connectivity index (χ1) is 11.0. The van der Waals surface area contributed by atoms with Crippen LogP contribution >= 0.6 is 0 Å². The van der Waals surface area contributed by atoms with Crippen LogP contribution in [0.5, 0.6) is 5.75 Å². The van der Waals surface area contributed by atoms with Gasteiger partial charge in [-0.15, -0.1) is 0 Å². The summed E-state index contributed by atoms with van der Waals surface area (Å²) in [4.78, 5) is 21.0. The number of hydrogen-bond donors (Lipinski definition) is 2. The lowest BCUT2D eigenvalue weighted by atomic mass is 9.92. The standard InChI is InChI=1S/C17H20N4O2/c1-11-19-9-7-12(21-11)10-20-16(22)17(18)8-6-13-14(17)4-3-5-15(13)23-2/h3-5,7,9H,6,8,10,18H2,1-2H3,(H,20,22). The molecule has 0 saturated carbocycles. The molecule has 0 fully saturated rings. The number of nitrogens with zero attached hydrogens (tertiary/aromatic N) is 2. The number of methoxy groups -OCH3 is 1. The van der Waals surface area contributed by atoms with Gasteiger partial charge in [0, 0.05) is 6.20 Å². The third-order valence-corrected chi connectivity index (χ3v) is 4.27. The van der Waals surface area contributed by atoms with Crippen LogP contribution < -0.4 is 15.8 Å². The average molecular weight is 312 g/mol. The smallest absolute Gasteiger partial charge is 0.245 e. The zero-order valence-electron chi connectivity index (χ0n) is 13.3. The zero-order valence-corrected chi connectivity index (χ0v) is 13.3. The fraction of sp³-hybridized carbons (Fsp3) is 0.353. The van der Waals surface area contributed by atoms with Crippen LogP contribution in [0.15, 0.2) is 30.5 Å². The third-order valence-electron chi connectivity index (χ3n) is 4.27. The molecule has 1 amide bonds. The summed E-state index contributed by atoms with van der Waals surface area (Å²) in [5.41, 5.74) is 8.03. The van der Waals surface area contributed by atoms with Gasteiger partial charge in [0.2, 0.25) is 5.91 Å². The predicted octanol–water partition coefficient (Wildman–Crippen LogP) is 1.21. The number of nitrogens with one attached hydrogen (secondary N) is 1. The maximum Gasteiger partial charge on any atom is 0.245 e. The minimum atomic E-state index is -1.02. The van der Waals surface area contributed by atoms with Gasteiger partial charge < -0.3 is 15.8 Å². The number of nitrogens with two attached hydrogens (primary N) is 1. The molecule has 1 aliphatic carbocycles. The maximum absolute atomic E-state index is 12.7. The molecule has 0 spiro atoms. The van der Waals surface area contributed by atoms with Crippen molar-refractivity contribution in [1.29, 1.82) is 0 Å². The highest BCUT2D eigenvalue weighted by Gasteiger charge is 2.42. The van der Waals surface area contributed by atoms with Crippen LogP contribution in [0.25, 0.3) is 0 Å². The van der Waals surface area contributed by atoms with Crippen molar-refractivity contribution in [3.8, 4) is 5.75 Å². The van der Waals surface area contributed by atoms with Crippen LogP contribution in [0.2, 0.25) is 0 Å². The van der Waals surface area contributed by atoms with Crippen LogP contribution in [-0.2, 0) is 23.3 Å². The van der Waals surface area contributed by atoms with E-state index in [9.17, 15) is 4.79 Å². The zero-order chi connectivity index (χ0) is 16.4. The molecular formula is C17H20N4O2. The normalized spacial score (nSPS) is 19.3. The van der Waals surface area contributed by atoms with Crippen molar-refractivity contribution in [2.24, 2.45) is 5.73 Å². The highest BCUT2D eigenvalue weighted by molar-refractivity contribution is 5.89. The Balaban J connectivity index is 1.79. The summed E-state index contributed by atoms with van der Waals surface area (Å²) < 4.78 is 5.37. The van der Waals surface area contributed by atoms with Crippen molar-refractivity contribution in [3.63, 3.8) is 0 Å². The van der Waals surface area contributed by atoms with Gasteiger partial charge in [-0.3, -0.25) is 4.79 Å². The van der Waals surface area contributed by atoms with Gasteiger partial charge in [-0.25, -0.2) is 9.97 Å². The van der Waals surface area contributed by atoms with Crippen molar-refractivity contribution in [3.05, 3.63) is 53.1 Å². The number of ether oxygens (including phenoxy) is 1. The summed E-state index contributed by atoms with van der Waals surface area (Å²) in [5, 5.41) is 2.89. The molecule has 1 unspecified atom stereocenters. The number of amides is 1. The van der Waals surface area contributed by atoms with Crippen LogP contribution in [0, 0.1) is 6.92 Å². The molecular weight excluding hydrogens is 292 g/mol. The molecule has 6 nitrogen and oxygen atoms in total. The number of aryl methyl sites for hydroxylation is 1. The van der Waals surface area contributed by atoms with E-state index in [0.29, 0.717) is 18.8 Å². The second-order valence-electron chi connectivity index (χ2n) is 5.74. The maximum atomic E-state index is 12.7. The van der Waals surface area contributed by atoms with Crippen molar-refractivity contribution >= 4 is 5.91 Å². The lowest BCUT2D eigenvalue weighted by Crippen LogP contribution is -2.49. The van der Waals surface area contributed by atoms with E-state index >= 15 is 0 Å². The van der Waals surface area contributed by atoms with Crippen LogP contribution in [0.1, 0.15) is 29.1 Å². The van der Waals surface area contributed by atoms with Crippen molar-refractivity contribution in [2.75, 3.05) is 7.11 Å². The first-order valence-electron chi connectivity index (χ1n) is 7.56. The van der Waals surface area contributed by atoms with Crippen LogP contribution in [-0.4, -0.2) is 23.0 Å². The highest BCUT2D eigenvalue weighted by Crippen LogP contribution is 2.39. The van der Waals surface area contributed by atoms with E-state index < -0.39 is 5.54 Å². The van der Waals surface area contributed by atoms with Crippen molar-refractivity contribution < 1.29 is 9.53 Å². The Morgan fingerprint density at radius 3 is 3.00 bits per heavy atom. The quantitative estimate of drug-likeness (QED) is 0.885. The molecule has 23 heavy (non-hydrogen) atoms. The molecule has 120 valence electrons. The van der Waals surface area contributed by atoms with Crippen LogP contribution in [0.4, 0.5) is 0 Å². The highest BCUT2D eigenvalue weighted by atomic mass is 16.5. The van der Waals surface area contributed by atoms with Gasteiger partial charge in [-0.05, 0) is 43.0 Å². The summed E-state index contributed by atoms with van der Waals surface area (Å²) in [6.45, 7) is 2.15. The Morgan fingerprint density at radius 2 is 2.26 bits per heavy atom. The van der Waals surface area contributed by atoms with Crippen molar-refractivity contribution in [2.45, 2.75) is 31.8 Å². The molecule has 0 bridgehead atoms. The molecule has 1 heterocycles. The van der Waals surface area contributed by atoms with E-state index in [1.807, 2.05) is 25.1 Å². The second-order valence-corrected chi connectivity index (χ2v) is 5.74. The van der Waals surface area contributed by atoms with E-state index in [4.69, 9.17) is 10.5 Å². The first-order valence-corrected chi connectivity index (χ1v) is 7.56. The van der Waals surface area contributed by atoms with Gasteiger partial charge in [0.15, 0.2) is 0 Å². The molecule has 0 radical (unpaired) electrons. The van der Waals surface area contributed by atoms with Gasteiger partial charge >= 0.3 is 0 Å². The Labute approximate surface area is 135 Å². The van der Waals surface area contributed by atoms with E-state index in [1.165, 1.54) is 0 Å². The minimum Gasteiger partial charge on any atom is -0.496 e. The number of carbonyl (C=O) groups excluding carboxylic acids is 1. The molecule has 3 rings (SSSR count). The van der Waals surface area contributed by atoms with Gasteiger partial charge in [-0.2, -0.15) is 0 Å². The largest absolute Gasteiger partial charge is 0.496 e. The van der Waals surface area contributed by atoms with Gasteiger partial charge in [0.25, 0.3) is 0 Å². The number of rotatable bonds is 4. The molecule has 1 aromatic heterocycles. The van der Waals surface area contributed by atoms with E-state index in [-0.39, 0.29) is 5.91 Å². The lowest BCUT2D eigenvalue weighted by Gasteiger charge is -2.24. The lowest BCUT2D eigenvalue weighted by molar-refractivity contribution is -0.126. The summed E-state index contributed by atoms with van der Waals surface area (Å²) in [6.07, 6.45) is 2.98. The molecule has 1 aliphatic rings. The topological polar surface area (TPSA) is 90.1 Å². The first kappa shape index (κ1) is 15.4. The SMILES string of the molecule is COc1cccc2c1CCC2(N)C(=O)NCc1ccnc(C)n1. The summed E-state index contributed by atoms with van der Waals surface area (Å²) >= 11 is 0. The monoisotopic (exact) mass is 312 g/mol. The number of fused-ring (bicyclic) bond motifs is 1. The van der Waals surface area contributed by atoms with Gasteiger partial charge in [0.1, 0.15) is 17.1 Å². The van der Waals surface area contributed by atoms with Crippen molar-refractivity contribution in [1.82, 2.24) is 15.3 Å². The van der Waals surface area contributed by atoms with Gasteiger partial charge in [0.05, 0.1) is 19.3 Å². The molecule has 3 N–H and O–H groups in total. The van der Waals surface area contributed by atoms with Crippen LogP contribution in [0.3, 0.4) is 0 Å². The third kappa shape index (κ3) is 2.77. The fourth-order valence-electron chi connectivity index (χ4n) is 3.06. The van der Waals surface area contributed by atoms with Gasteiger partial charge in [-0.1, -0.05) is 12.1 Å². The Bertz CT molecular complexity index is 747. The van der Waals surface area contributed by atoms with E-state index in [2.05, 4.69) is 15.3 Å². The molecule has 1 aromatic carbocycles. The molecule has 6 heteroatoms. The number of aromatic nitrogens is 2. The predicted molar refractivity (Wildman–Crippen MR) is 85.8 cm³/mol. The summed E-state index contributed by atoms with van der Waals surface area (Å²) in [5.74, 6) is 1.27. The Hall–Kier alpha value is -2.47. The summed E-state index contributed by atoms with van der Waals surface area (Å²) in [7, 11) is 1.63. The number of hydrogen-bond acceptors (Lipinski definition) is 5. The average Bonchev–Trinajstić information content (AvgIpc) is 2.91. The molecule has 0 saturated heterocycles. The van der Waals surface area contributed by atoms with E-state index in [0.717, 1.165) is 29.0 Å². The molecule has 1 atom stereocenters. The Morgan fingerprint density at radius 1 is 1.43 bits per heavy atom.